The highest BCUT2D eigenvalue weighted by Crippen LogP contribution is 2.22. The summed E-state index contributed by atoms with van der Waals surface area (Å²) in [7, 11) is 0. The summed E-state index contributed by atoms with van der Waals surface area (Å²) in [5, 5.41) is 5.92. The van der Waals surface area contributed by atoms with E-state index >= 15 is 0 Å². The van der Waals surface area contributed by atoms with Crippen LogP contribution < -0.4 is 0 Å². The molecule has 0 saturated heterocycles. The summed E-state index contributed by atoms with van der Waals surface area (Å²) in [6.07, 6.45) is -11.5. The zero-order valence-corrected chi connectivity index (χ0v) is 5.98. The Morgan fingerprint density at radius 1 is 0.857 bits per heavy atom. The van der Waals surface area contributed by atoms with Crippen LogP contribution in [0.1, 0.15) is 0 Å². The average molecular weight is 225 g/mol. The Balaban J connectivity index is 4.74. The highest BCUT2D eigenvalue weighted by atomic mass is 19.4. The molecule has 0 aliphatic rings. The Bertz CT molecular complexity index is 229. The van der Waals surface area contributed by atoms with Crippen LogP contribution in [0.15, 0.2) is 0 Å². The van der Waals surface area contributed by atoms with Crippen molar-refractivity contribution in [1.29, 1.82) is 0 Å². The van der Waals surface area contributed by atoms with E-state index in [0.29, 0.717) is 0 Å². The maximum absolute atomic E-state index is 11.4. The van der Waals surface area contributed by atoms with Crippen molar-refractivity contribution in [2.45, 2.75) is 12.4 Å². The molecule has 0 aromatic rings. The van der Waals surface area contributed by atoms with Crippen molar-refractivity contribution in [1.82, 2.24) is 5.06 Å². The third-order valence-corrected chi connectivity index (χ3v) is 0.870. The average Bonchev–Trinajstić information content (AvgIpc) is 1.97. The van der Waals surface area contributed by atoms with Gasteiger partial charge in [0.2, 0.25) is 0 Å². The van der Waals surface area contributed by atoms with Crippen LogP contribution in [0, 0.1) is 0 Å². The number of hydrogen-bond donors (Lipinski definition) is 1. The zero-order chi connectivity index (χ0) is 11.7. The van der Waals surface area contributed by atoms with Crippen LogP contribution in [0.3, 0.4) is 0 Å². The molecule has 0 bridgehead atoms. The number of hydrogen-bond acceptors (Lipinski definition) is 3. The summed E-state index contributed by atoms with van der Waals surface area (Å²) in [5.74, 6) is -6.61. The summed E-state index contributed by atoms with van der Waals surface area (Å²) in [5.41, 5.74) is 0. The van der Waals surface area contributed by atoms with Gasteiger partial charge in [-0.15, -0.1) is 5.06 Å². The van der Waals surface area contributed by atoms with Crippen LogP contribution in [-0.4, -0.2) is 34.4 Å². The van der Waals surface area contributed by atoms with Gasteiger partial charge < -0.3 is 0 Å². The van der Waals surface area contributed by atoms with E-state index < -0.39 is 29.2 Å². The van der Waals surface area contributed by atoms with Gasteiger partial charge in [-0.1, -0.05) is 0 Å². The number of carbonyl (C=O) groups is 2. The summed E-state index contributed by atoms with van der Waals surface area (Å²) in [6, 6.07) is 0. The van der Waals surface area contributed by atoms with Gasteiger partial charge in [-0.3, -0.25) is 14.8 Å². The van der Waals surface area contributed by atoms with E-state index in [4.69, 9.17) is 5.21 Å². The number of rotatable bonds is 0. The molecule has 0 saturated carbocycles. The maximum atomic E-state index is 11.4. The Morgan fingerprint density at radius 3 is 1.21 bits per heavy atom. The van der Waals surface area contributed by atoms with E-state index in [9.17, 15) is 35.9 Å². The van der Waals surface area contributed by atoms with E-state index in [-0.39, 0.29) is 0 Å². The lowest BCUT2D eigenvalue weighted by Crippen LogP contribution is -2.48. The fraction of sp³-hybridized carbons (Fsp3) is 0.500. The molecule has 4 nitrogen and oxygen atoms in total. The Hall–Kier alpha value is -1.32. The lowest BCUT2D eigenvalue weighted by atomic mass is 10.5. The molecule has 0 radical (unpaired) electrons. The quantitative estimate of drug-likeness (QED) is 0.377. The monoisotopic (exact) mass is 225 g/mol. The fourth-order valence-electron chi connectivity index (χ4n) is 0.332. The maximum Gasteiger partial charge on any atom is 0.474 e. The molecule has 14 heavy (non-hydrogen) atoms. The van der Waals surface area contributed by atoms with E-state index in [1.54, 1.807) is 0 Å². The van der Waals surface area contributed by atoms with Gasteiger partial charge in [-0.2, -0.15) is 26.3 Å². The smallest absolute Gasteiger partial charge is 0.278 e. The van der Waals surface area contributed by atoms with Crippen LogP contribution >= 0.6 is 0 Å². The summed E-state index contributed by atoms with van der Waals surface area (Å²) in [4.78, 5) is 19.8. The molecule has 2 amide bonds. The van der Waals surface area contributed by atoms with Gasteiger partial charge in [-0.25, -0.2) is 0 Å². The Morgan fingerprint density at radius 2 is 1.07 bits per heavy atom. The minimum absolute atomic E-state index is 2.03. The van der Waals surface area contributed by atoms with Crippen molar-refractivity contribution >= 4 is 11.8 Å². The van der Waals surface area contributed by atoms with Gasteiger partial charge in [0, 0.05) is 0 Å². The summed E-state index contributed by atoms with van der Waals surface area (Å²) < 4.78 is 68.3. The Kier molecular flexibility index (Phi) is 3.12. The van der Waals surface area contributed by atoms with Gasteiger partial charge in [0.1, 0.15) is 0 Å². The van der Waals surface area contributed by atoms with Gasteiger partial charge in [-0.05, 0) is 0 Å². The largest absolute Gasteiger partial charge is 0.474 e. The SMILES string of the molecule is O=C(N(O)C(=O)C(F)(F)F)C(F)(F)F. The van der Waals surface area contributed by atoms with Crippen LogP contribution in [-0.2, 0) is 9.59 Å². The zero-order valence-electron chi connectivity index (χ0n) is 5.98. The lowest BCUT2D eigenvalue weighted by molar-refractivity contribution is -0.236. The van der Waals surface area contributed by atoms with E-state index in [1.807, 2.05) is 0 Å². The molecular weight excluding hydrogens is 224 g/mol. The van der Waals surface area contributed by atoms with Gasteiger partial charge in [0.25, 0.3) is 0 Å². The molecule has 82 valence electrons. The highest BCUT2D eigenvalue weighted by molar-refractivity contribution is 5.98. The topological polar surface area (TPSA) is 57.6 Å². The first-order chi connectivity index (χ1) is 5.98. The third-order valence-electron chi connectivity index (χ3n) is 0.870. The molecule has 0 unspecified atom stereocenters. The molecule has 0 atom stereocenters. The second-order valence-corrected chi connectivity index (χ2v) is 1.92. The van der Waals surface area contributed by atoms with Crippen molar-refractivity contribution in [2.24, 2.45) is 0 Å². The molecular formula is C4HF6NO3. The second kappa shape index (κ2) is 3.44. The van der Waals surface area contributed by atoms with Crippen molar-refractivity contribution in [2.75, 3.05) is 0 Å². The lowest BCUT2D eigenvalue weighted by Gasteiger charge is -2.15. The van der Waals surface area contributed by atoms with Gasteiger partial charge >= 0.3 is 24.2 Å². The fourth-order valence-corrected chi connectivity index (χ4v) is 0.332. The number of alkyl halides is 6. The number of nitrogens with zero attached hydrogens (tertiary/aromatic N) is 1. The first-order valence-corrected chi connectivity index (χ1v) is 2.69. The number of hydroxylamine groups is 2. The van der Waals surface area contributed by atoms with Crippen LogP contribution in [0.4, 0.5) is 26.3 Å². The second-order valence-electron chi connectivity index (χ2n) is 1.92. The molecule has 0 fully saturated rings. The van der Waals surface area contributed by atoms with Crippen LogP contribution in [0.25, 0.3) is 0 Å². The molecule has 1 N–H and O–H groups in total. The van der Waals surface area contributed by atoms with Gasteiger partial charge in [0.15, 0.2) is 0 Å². The van der Waals surface area contributed by atoms with Crippen molar-refractivity contribution < 1.29 is 41.1 Å². The number of halogens is 6. The summed E-state index contributed by atoms with van der Waals surface area (Å²) >= 11 is 0. The molecule has 0 heterocycles. The third kappa shape index (κ3) is 2.87. The molecule has 0 rings (SSSR count). The molecule has 10 heteroatoms. The van der Waals surface area contributed by atoms with E-state index in [0.717, 1.165) is 0 Å². The predicted octanol–water partition coefficient (Wildman–Crippen LogP) is 0.855. The first-order valence-electron chi connectivity index (χ1n) is 2.69. The van der Waals surface area contributed by atoms with E-state index in [2.05, 4.69) is 0 Å². The van der Waals surface area contributed by atoms with Crippen LogP contribution in [0.2, 0.25) is 0 Å². The van der Waals surface area contributed by atoms with E-state index in [1.165, 1.54) is 0 Å². The minimum Gasteiger partial charge on any atom is -0.278 e. The van der Waals surface area contributed by atoms with Crippen molar-refractivity contribution in [3.05, 3.63) is 0 Å². The molecule has 0 spiro atoms. The standard InChI is InChI=1S/C4HF6NO3/c5-3(6,7)1(12)11(14)2(13)4(8,9)10/h14H. The predicted molar refractivity (Wildman–Crippen MR) is 25.7 cm³/mol. The normalized spacial score (nSPS) is 12.5. The first kappa shape index (κ1) is 12.7. The Labute approximate surface area is 71.7 Å². The number of amides is 2. The van der Waals surface area contributed by atoms with Crippen molar-refractivity contribution in [3.8, 4) is 0 Å². The molecule has 0 aromatic heterocycles. The molecule has 0 aliphatic heterocycles. The van der Waals surface area contributed by atoms with Crippen LogP contribution in [0.5, 0.6) is 0 Å². The van der Waals surface area contributed by atoms with Gasteiger partial charge in [0.05, 0.1) is 0 Å². The number of imide groups is 1. The number of carbonyl (C=O) groups excluding carboxylic acids is 2. The molecule has 0 aromatic carbocycles. The highest BCUT2D eigenvalue weighted by Gasteiger charge is 2.52. The van der Waals surface area contributed by atoms with Crippen molar-refractivity contribution in [3.63, 3.8) is 0 Å². The molecule has 0 aliphatic carbocycles. The summed E-state index contributed by atoms with van der Waals surface area (Å²) in [6.45, 7) is 0. The minimum atomic E-state index is -5.75.